The van der Waals surface area contributed by atoms with Crippen LogP contribution >= 0.6 is 23.2 Å². The Balaban J connectivity index is 1.74. The Bertz CT molecular complexity index is 864. The molecule has 0 aromatic heterocycles. The molecule has 2 aromatic carbocycles. The highest BCUT2D eigenvalue weighted by molar-refractivity contribution is 6.39. The first kappa shape index (κ1) is 21.8. The third-order valence-corrected chi connectivity index (χ3v) is 5.57. The Morgan fingerprint density at radius 2 is 1.90 bits per heavy atom. The minimum Gasteiger partial charge on any atom is -0.366 e. The molecule has 2 atom stereocenters. The predicted octanol–water partition coefficient (Wildman–Crippen LogP) is 3.68. The summed E-state index contributed by atoms with van der Waals surface area (Å²) < 4.78 is 5.06. The highest BCUT2D eigenvalue weighted by atomic mass is 35.5. The summed E-state index contributed by atoms with van der Waals surface area (Å²) in [5.74, 6) is -0.460. The van der Waals surface area contributed by atoms with E-state index in [4.69, 9.17) is 27.9 Å². The fourth-order valence-electron chi connectivity index (χ4n) is 3.34. The van der Waals surface area contributed by atoms with Crippen LogP contribution in [0.3, 0.4) is 0 Å². The molecule has 0 saturated heterocycles. The number of hydrogen-bond donors (Lipinski definition) is 3. The number of ether oxygens (including phenoxy) is 1. The van der Waals surface area contributed by atoms with Crippen LogP contribution < -0.4 is 10.6 Å². The normalized spacial score (nSPS) is 16.1. The lowest BCUT2D eigenvalue weighted by molar-refractivity contribution is -0.0947. The Morgan fingerprint density at radius 1 is 1.21 bits per heavy atom. The number of carbonyl (C=O) groups is 1. The Morgan fingerprint density at radius 3 is 2.48 bits per heavy atom. The first-order chi connectivity index (χ1) is 14.0. The third-order valence-electron chi connectivity index (χ3n) is 4.94. The van der Waals surface area contributed by atoms with E-state index in [1.54, 1.807) is 18.2 Å². The van der Waals surface area contributed by atoms with Gasteiger partial charge in [-0.15, -0.1) is 0 Å². The largest absolute Gasteiger partial charge is 0.366 e. The number of aliphatic hydroxyl groups is 1. The number of methoxy groups -OCH3 is 1. The molecular weight excluding hydrogens is 411 g/mol. The van der Waals surface area contributed by atoms with Crippen LogP contribution in [0, 0.1) is 0 Å². The molecule has 5 nitrogen and oxygen atoms in total. The molecule has 0 bridgehead atoms. The Kier molecular flexibility index (Phi) is 7.70. The first-order valence-corrected chi connectivity index (χ1v) is 10.2. The zero-order valence-corrected chi connectivity index (χ0v) is 17.6. The van der Waals surface area contributed by atoms with E-state index in [0.717, 1.165) is 25.1 Å². The highest BCUT2D eigenvalue weighted by Gasteiger charge is 2.24. The lowest BCUT2D eigenvalue weighted by atomic mass is 9.97. The van der Waals surface area contributed by atoms with Crippen molar-refractivity contribution in [3.05, 3.63) is 75.3 Å². The standard InChI is InChI=1S/C22H24Cl2N2O3/c1-29-22(28)19(26-21(27)20-17(23)3-2-4-18(20)24)13-14-5-7-15(8-6-14)16-9-11-25-12-10-16/h2-9,19,22,25,28H,10-13H2,1H3,(H,26,27)/t19-,22?/m0/s1. The van der Waals surface area contributed by atoms with E-state index < -0.39 is 18.2 Å². The smallest absolute Gasteiger partial charge is 0.254 e. The number of carbonyl (C=O) groups excluding carboxylic acids is 1. The maximum atomic E-state index is 12.7. The van der Waals surface area contributed by atoms with Gasteiger partial charge < -0.3 is 20.5 Å². The van der Waals surface area contributed by atoms with Crippen molar-refractivity contribution in [2.75, 3.05) is 20.2 Å². The van der Waals surface area contributed by atoms with Crippen molar-refractivity contribution < 1.29 is 14.6 Å². The molecule has 154 valence electrons. The van der Waals surface area contributed by atoms with Crippen LogP contribution in [0.15, 0.2) is 48.5 Å². The summed E-state index contributed by atoms with van der Waals surface area (Å²) in [7, 11) is 1.39. The molecule has 1 heterocycles. The van der Waals surface area contributed by atoms with E-state index in [9.17, 15) is 9.90 Å². The second-order valence-electron chi connectivity index (χ2n) is 6.89. The van der Waals surface area contributed by atoms with Crippen LogP contribution in [0.5, 0.6) is 0 Å². The van der Waals surface area contributed by atoms with E-state index >= 15 is 0 Å². The number of nitrogens with one attached hydrogen (secondary N) is 2. The third kappa shape index (κ3) is 5.59. The summed E-state index contributed by atoms with van der Waals surface area (Å²) in [6.45, 7) is 1.86. The zero-order chi connectivity index (χ0) is 20.8. The van der Waals surface area contributed by atoms with Crippen LogP contribution in [0.1, 0.15) is 27.9 Å². The average Bonchev–Trinajstić information content (AvgIpc) is 2.73. The summed E-state index contributed by atoms with van der Waals surface area (Å²) in [4.78, 5) is 12.7. The minimum atomic E-state index is -1.17. The number of aliphatic hydroxyl groups excluding tert-OH is 1. The van der Waals surface area contributed by atoms with Crippen molar-refractivity contribution in [3.63, 3.8) is 0 Å². The molecule has 1 amide bonds. The van der Waals surface area contributed by atoms with Gasteiger partial charge in [0.25, 0.3) is 5.91 Å². The zero-order valence-electron chi connectivity index (χ0n) is 16.1. The van der Waals surface area contributed by atoms with E-state index in [0.29, 0.717) is 6.42 Å². The summed E-state index contributed by atoms with van der Waals surface area (Å²) >= 11 is 12.2. The predicted molar refractivity (Wildman–Crippen MR) is 116 cm³/mol. The molecule has 0 spiro atoms. The average molecular weight is 435 g/mol. The number of amides is 1. The van der Waals surface area contributed by atoms with Crippen molar-refractivity contribution in [2.24, 2.45) is 0 Å². The summed E-state index contributed by atoms with van der Waals surface area (Å²) in [5.41, 5.74) is 3.66. The second-order valence-corrected chi connectivity index (χ2v) is 7.70. The Hall–Kier alpha value is -1.89. The van der Waals surface area contributed by atoms with Gasteiger partial charge >= 0.3 is 0 Å². The quantitative estimate of drug-likeness (QED) is 0.581. The molecule has 29 heavy (non-hydrogen) atoms. The van der Waals surface area contributed by atoms with Gasteiger partial charge in [0, 0.05) is 13.7 Å². The van der Waals surface area contributed by atoms with Gasteiger partial charge in [-0.1, -0.05) is 59.6 Å². The first-order valence-electron chi connectivity index (χ1n) is 9.44. The number of rotatable bonds is 7. The number of halogens is 2. The molecule has 2 aromatic rings. The maximum absolute atomic E-state index is 12.7. The van der Waals surface area contributed by atoms with E-state index in [1.807, 2.05) is 12.1 Å². The van der Waals surface area contributed by atoms with Gasteiger partial charge in [0.05, 0.1) is 21.7 Å². The van der Waals surface area contributed by atoms with Crippen molar-refractivity contribution in [2.45, 2.75) is 25.2 Å². The van der Waals surface area contributed by atoms with Crippen LogP contribution in [0.4, 0.5) is 0 Å². The summed E-state index contributed by atoms with van der Waals surface area (Å²) in [5, 5.41) is 16.8. The fraction of sp³-hybridized carbons (Fsp3) is 0.318. The molecule has 1 aliphatic heterocycles. The van der Waals surface area contributed by atoms with Gasteiger partial charge in [0.15, 0.2) is 6.29 Å². The molecule has 7 heteroatoms. The van der Waals surface area contributed by atoms with Crippen LogP contribution in [0.25, 0.3) is 5.57 Å². The SMILES string of the molecule is COC(O)[C@H](Cc1ccc(C2=CCNCC2)cc1)NC(=O)c1c(Cl)cccc1Cl. The monoisotopic (exact) mass is 434 g/mol. The lowest BCUT2D eigenvalue weighted by Crippen LogP contribution is -2.45. The topological polar surface area (TPSA) is 70.6 Å². The molecule has 1 unspecified atom stereocenters. The second kappa shape index (κ2) is 10.2. The molecular formula is C22H24Cl2N2O3. The van der Waals surface area contributed by atoms with Crippen molar-refractivity contribution >= 4 is 34.7 Å². The maximum Gasteiger partial charge on any atom is 0.254 e. The minimum absolute atomic E-state index is 0.178. The molecule has 3 N–H and O–H groups in total. The van der Waals surface area contributed by atoms with Gasteiger partial charge in [-0.2, -0.15) is 0 Å². The van der Waals surface area contributed by atoms with Crippen molar-refractivity contribution in [3.8, 4) is 0 Å². The van der Waals surface area contributed by atoms with Crippen LogP contribution in [-0.4, -0.2) is 43.5 Å². The van der Waals surface area contributed by atoms with Gasteiger partial charge in [-0.25, -0.2) is 0 Å². The molecule has 1 aliphatic rings. The molecule has 0 saturated carbocycles. The van der Waals surface area contributed by atoms with E-state index in [2.05, 4.69) is 28.8 Å². The summed E-state index contributed by atoms with van der Waals surface area (Å²) in [6.07, 6.45) is 2.42. The van der Waals surface area contributed by atoms with Crippen molar-refractivity contribution in [1.29, 1.82) is 0 Å². The van der Waals surface area contributed by atoms with E-state index in [1.165, 1.54) is 18.2 Å². The van der Waals surface area contributed by atoms with Crippen molar-refractivity contribution in [1.82, 2.24) is 10.6 Å². The van der Waals surface area contributed by atoms with Gasteiger partial charge in [0.1, 0.15) is 0 Å². The molecule has 0 fully saturated rings. The number of hydrogen-bond acceptors (Lipinski definition) is 4. The molecule has 3 rings (SSSR count). The highest BCUT2D eigenvalue weighted by Crippen LogP contribution is 2.25. The number of benzene rings is 2. The Labute approximate surface area is 180 Å². The van der Waals surface area contributed by atoms with Gasteiger partial charge in [0.2, 0.25) is 0 Å². The van der Waals surface area contributed by atoms with E-state index in [-0.39, 0.29) is 15.6 Å². The van der Waals surface area contributed by atoms with Crippen LogP contribution in [0.2, 0.25) is 10.0 Å². The van der Waals surface area contributed by atoms with Crippen LogP contribution in [-0.2, 0) is 11.2 Å². The molecule has 0 aliphatic carbocycles. The fourth-order valence-corrected chi connectivity index (χ4v) is 3.91. The lowest BCUT2D eigenvalue weighted by Gasteiger charge is -2.24. The van der Waals surface area contributed by atoms with Gasteiger partial charge in [-0.05, 0) is 48.2 Å². The molecule has 0 radical (unpaired) electrons. The summed E-state index contributed by atoms with van der Waals surface area (Å²) in [6, 6.07) is 12.3. The van der Waals surface area contributed by atoms with Gasteiger partial charge in [-0.3, -0.25) is 4.79 Å².